The van der Waals surface area contributed by atoms with Crippen molar-refractivity contribution in [1.82, 2.24) is 5.32 Å². The highest BCUT2D eigenvalue weighted by molar-refractivity contribution is 6.32. The summed E-state index contributed by atoms with van der Waals surface area (Å²) in [5, 5.41) is 4.08. The van der Waals surface area contributed by atoms with Crippen LogP contribution in [0.1, 0.15) is 39.2 Å². The van der Waals surface area contributed by atoms with Gasteiger partial charge in [-0.15, -0.1) is 0 Å². The predicted molar refractivity (Wildman–Crippen MR) is 73.8 cm³/mol. The SMILES string of the molecule is CCCCNCc1ccc(OC(C)C)c(Cl)c1. The van der Waals surface area contributed by atoms with E-state index < -0.39 is 0 Å². The Morgan fingerprint density at radius 2 is 2.12 bits per heavy atom. The van der Waals surface area contributed by atoms with Crippen molar-refractivity contribution < 1.29 is 4.74 Å². The lowest BCUT2D eigenvalue weighted by atomic mass is 10.2. The van der Waals surface area contributed by atoms with Gasteiger partial charge in [0.05, 0.1) is 11.1 Å². The molecule has 0 aliphatic carbocycles. The maximum Gasteiger partial charge on any atom is 0.138 e. The third kappa shape index (κ3) is 5.42. The van der Waals surface area contributed by atoms with E-state index in [2.05, 4.69) is 18.3 Å². The molecule has 0 atom stereocenters. The van der Waals surface area contributed by atoms with Crippen LogP contribution in [0.25, 0.3) is 0 Å². The molecule has 1 aromatic carbocycles. The first-order chi connectivity index (χ1) is 8.13. The van der Waals surface area contributed by atoms with E-state index in [1.807, 2.05) is 26.0 Å². The first kappa shape index (κ1) is 14.3. The second-order valence-electron chi connectivity index (χ2n) is 4.46. The van der Waals surface area contributed by atoms with Gasteiger partial charge in [0.1, 0.15) is 5.75 Å². The summed E-state index contributed by atoms with van der Waals surface area (Å²) in [6, 6.07) is 5.97. The van der Waals surface area contributed by atoms with Crippen molar-refractivity contribution in [3.8, 4) is 5.75 Å². The van der Waals surface area contributed by atoms with Crippen molar-refractivity contribution in [3.63, 3.8) is 0 Å². The standard InChI is InChI=1S/C14H22ClNO/c1-4-5-8-16-10-12-6-7-14(13(15)9-12)17-11(2)3/h6-7,9,11,16H,4-5,8,10H2,1-3H3. The quantitative estimate of drug-likeness (QED) is 0.743. The lowest BCUT2D eigenvalue weighted by Crippen LogP contribution is -2.14. The number of benzene rings is 1. The number of unbranched alkanes of at least 4 members (excludes halogenated alkanes) is 1. The van der Waals surface area contributed by atoms with E-state index in [-0.39, 0.29) is 6.10 Å². The van der Waals surface area contributed by atoms with Crippen molar-refractivity contribution in [2.45, 2.75) is 46.3 Å². The minimum absolute atomic E-state index is 0.154. The molecule has 0 aliphatic rings. The second-order valence-corrected chi connectivity index (χ2v) is 4.87. The summed E-state index contributed by atoms with van der Waals surface area (Å²) in [6.45, 7) is 8.10. The molecule has 0 aliphatic heterocycles. The summed E-state index contributed by atoms with van der Waals surface area (Å²) >= 11 is 6.16. The highest BCUT2D eigenvalue weighted by atomic mass is 35.5. The number of halogens is 1. The van der Waals surface area contributed by atoms with E-state index in [0.29, 0.717) is 5.02 Å². The molecule has 0 heterocycles. The van der Waals surface area contributed by atoms with Crippen LogP contribution in [0, 0.1) is 0 Å². The molecule has 0 unspecified atom stereocenters. The molecule has 0 saturated heterocycles. The maximum atomic E-state index is 6.16. The Bertz CT molecular complexity index is 339. The molecule has 1 N–H and O–H groups in total. The highest BCUT2D eigenvalue weighted by Gasteiger charge is 2.04. The Hall–Kier alpha value is -0.730. The van der Waals surface area contributed by atoms with Crippen LogP contribution in [0.3, 0.4) is 0 Å². The summed E-state index contributed by atoms with van der Waals surface area (Å²) in [4.78, 5) is 0. The Balaban J connectivity index is 2.50. The van der Waals surface area contributed by atoms with Gasteiger partial charge in [0.15, 0.2) is 0 Å². The largest absolute Gasteiger partial charge is 0.489 e. The highest BCUT2D eigenvalue weighted by Crippen LogP contribution is 2.26. The zero-order valence-electron chi connectivity index (χ0n) is 10.9. The first-order valence-electron chi connectivity index (χ1n) is 6.29. The fraction of sp³-hybridized carbons (Fsp3) is 0.571. The van der Waals surface area contributed by atoms with E-state index in [4.69, 9.17) is 16.3 Å². The Labute approximate surface area is 109 Å². The zero-order chi connectivity index (χ0) is 12.7. The average molecular weight is 256 g/mol. The summed E-state index contributed by atoms with van der Waals surface area (Å²) in [5.41, 5.74) is 1.20. The van der Waals surface area contributed by atoms with Gasteiger partial charge in [-0.05, 0) is 44.5 Å². The Kier molecular flexibility index (Phi) is 6.38. The molecule has 1 rings (SSSR count). The van der Waals surface area contributed by atoms with E-state index in [9.17, 15) is 0 Å². The average Bonchev–Trinajstić information content (AvgIpc) is 2.27. The molecular weight excluding hydrogens is 234 g/mol. The van der Waals surface area contributed by atoms with Crippen LogP contribution >= 0.6 is 11.6 Å². The topological polar surface area (TPSA) is 21.3 Å². The minimum atomic E-state index is 0.154. The number of rotatable bonds is 7. The van der Waals surface area contributed by atoms with Gasteiger partial charge in [0, 0.05) is 6.54 Å². The summed E-state index contributed by atoms with van der Waals surface area (Å²) in [6.07, 6.45) is 2.58. The van der Waals surface area contributed by atoms with Crippen LogP contribution in [0.4, 0.5) is 0 Å². The molecule has 17 heavy (non-hydrogen) atoms. The van der Waals surface area contributed by atoms with Crippen molar-refractivity contribution in [2.24, 2.45) is 0 Å². The number of hydrogen-bond acceptors (Lipinski definition) is 2. The van der Waals surface area contributed by atoms with E-state index in [1.165, 1.54) is 18.4 Å². The number of nitrogens with one attached hydrogen (secondary N) is 1. The molecule has 0 radical (unpaired) electrons. The molecule has 0 fully saturated rings. The Morgan fingerprint density at radius 3 is 2.71 bits per heavy atom. The van der Waals surface area contributed by atoms with Crippen molar-refractivity contribution >= 4 is 11.6 Å². The van der Waals surface area contributed by atoms with Crippen LogP contribution in [0.5, 0.6) is 5.75 Å². The smallest absolute Gasteiger partial charge is 0.138 e. The van der Waals surface area contributed by atoms with E-state index >= 15 is 0 Å². The maximum absolute atomic E-state index is 6.16. The molecule has 2 nitrogen and oxygen atoms in total. The molecule has 0 bridgehead atoms. The summed E-state index contributed by atoms with van der Waals surface area (Å²) in [7, 11) is 0. The van der Waals surface area contributed by atoms with E-state index in [0.717, 1.165) is 18.8 Å². The van der Waals surface area contributed by atoms with Crippen LogP contribution in [0.15, 0.2) is 18.2 Å². The van der Waals surface area contributed by atoms with Gasteiger partial charge in [0.2, 0.25) is 0 Å². The normalized spacial score (nSPS) is 10.9. The monoisotopic (exact) mass is 255 g/mol. The molecule has 0 aromatic heterocycles. The van der Waals surface area contributed by atoms with Crippen LogP contribution in [0.2, 0.25) is 5.02 Å². The Morgan fingerprint density at radius 1 is 1.35 bits per heavy atom. The molecule has 96 valence electrons. The van der Waals surface area contributed by atoms with Crippen molar-refractivity contribution in [3.05, 3.63) is 28.8 Å². The summed E-state index contributed by atoms with van der Waals surface area (Å²) < 4.78 is 5.59. The van der Waals surface area contributed by atoms with Crippen LogP contribution < -0.4 is 10.1 Å². The van der Waals surface area contributed by atoms with Gasteiger partial charge in [0.25, 0.3) is 0 Å². The molecular formula is C14H22ClNO. The van der Waals surface area contributed by atoms with Gasteiger partial charge in [-0.3, -0.25) is 0 Å². The molecule has 0 spiro atoms. The molecule has 3 heteroatoms. The van der Waals surface area contributed by atoms with Crippen LogP contribution in [-0.4, -0.2) is 12.6 Å². The van der Waals surface area contributed by atoms with Gasteiger partial charge in [-0.1, -0.05) is 31.0 Å². The lowest BCUT2D eigenvalue weighted by Gasteiger charge is -2.12. The molecule has 1 aromatic rings. The van der Waals surface area contributed by atoms with Crippen molar-refractivity contribution in [1.29, 1.82) is 0 Å². The number of hydrogen-bond donors (Lipinski definition) is 1. The molecule has 0 saturated carbocycles. The lowest BCUT2D eigenvalue weighted by molar-refractivity contribution is 0.242. The van der Waals surface area contributed by atoms with Crippen molar-refractivity contribution in [2.75, 3.05) is 6.54 Å². The third-order valence-corrected chi connectivity index (χ3v) is 2.69. The van der Waals surface area contributed by atoms with Gasteiger partial charge in [-0.2, -0.15) is 0 Å². The summed E-state index contributed by atoms with van der Waals surface area (Å²) in [5.74, 6) is 0.763. The van der Waals surface area contributed by atoms with Gasteiger partial charge in [-0.25, -0.2) is 0 Å². The molecule has 0 amide bonds. The van der Waals surface area contributed by atoms with E-state index in [1.54, 1.807) is 0 Å². The van der Waals surface area contributed by atoms with Gasteiger partial charge < -0.3 is 10.1 Å². The zero-order valence-corrected chi connectivity index (χ0v) is 11.7. The van der Waals surface area contributed by atoms with Crippen LogP contribution in [-0.2, 0) is 6.54 Å². The predicted octanol–water partition coefficient (Wildman–Crippen LogP) is 4.02. The first-order valence-corrected chi connectivity index (χ1v) is 6.67. The fourth-order valence-electron chi connectivity index (χ4n) is 1.54. The number of ether oxygens (including phenoxy) is 1. The second kappa shape index (κ2) is 7.57. The fourth-order valence-corrected chi connectivity index (χ4v) is 1.79. The van der Waals surface area contributed by atoms with Gasteiger partial charge >= 0.3 is 0 Å². The minimum Gasteiger partial charge on any atom is -0.489 e. The third-order valence-electron chi connectivity index (χ3n) is 2.40.